The summed E-state index contributed by atoms with van der Waals surface area (Å²) in [6.07, 6.45) is 0.512. The van der Waals surface area contributed by atoms with Gasteiger partial charge in [-0.05, 0) is 17.7 Å². The molecule has 0 amide bonds. The van der Waals surface area contributed by atoms with Crippen LogP contribution in [0, 0.1) is 0 Å². The Kier molecular flexibility index (Phi) is 3.47. The van der Waals surface area contributed by atoms with Crippen molar-refractivity contribution in [2.75, 3.05) is 13.1 Å². The fraction of sp³-hybridized carbons (Fsp3) is 0.455. The zero-order valence-electron chi connectivity index (χ0n) is 8.62. The lowest BCUT2D eigenvalue weighted by atomic mass is 9.89. The van der Waals surface area contributed by atoms with E-state index < -0.39 is 11.4 Å². The molecule has 0 bridgehead atoms. The first-order valence-electron chi connectivity index (χ1n) is 5.04. The minimum absolute atomic E-state index is 0.512. The van der Waals surface area contributed by atoms with Crippen LogP contribution in [-0.2, 0) is 6.42 Å². The maximum Gasteiger partial charge on any atom is 0.288 e. The molecule has 1 aromatic rings. The van der Waals surface area contributed by atoms with Gasteiger partial charge in [0, 0.05) is 24.4 Å². The van der Waals surface area contributed by atoms with Crippen molar-refractivity contribution in [1.82, 2.24) is 5.32 Å². The SMILES string of the molecule is OC1(Cc2cccc(SC(F)F)c2)CNC1. The van der Waals surface area contributed by atoms with Crippen LogP contribution in [0.3, 0.4) is 0 Å². The van der Waals surface area contributed by atoms with Crippen LogP contribution in [0.1, 0.15) is 5.56 Å². The Morgan fingerprint density at radius 2 is 2.19 bits per heavy atom. The van der Waals surface area contributed by atoms with Crippen molar-refractivity contribution < 1.29 is 13.9 Å². The average Bonchev–Trinajstić information content (AvgIpc) is 2.14. The van der Waals surface area contributed by atoms with Gasteiger partial charge in [0.05, 0.1) is 5.60 Å². The van der Waals surface area contributed by atoms with Crippen molar-refractivity contribution in [2.24, 2.45) is 0 Å². The maximum atomic E-state index is 12.2. The summed E-state index contributed by atoms with van der Waals surface area (Å²) in [4.78, 5) is 0.545. The zero-order valence-corrected chi connectivity index (χ0v) is 9.44. The number of rotatable bonds is 4. The molecule has 0 spiro atoms. The second kappa shape index (κ2) is 4.69. The fourth-order valence-corrected chi connectivity index (χ4v) is 2.33. The molecule has 1 aromatic carbocycles. The smallest absolute Gasteiger partial charge is 0.288 e. The molecule has 88 valence electrons. The second-order valence-corrected chi connectivity index (χ2v) is 5.09. The number of alkyl halides is 2. The lowest BCUT2D eigenvalue weighted by Crippen LogP contribution is -2.60. The summed E-state index contributed by atoms with van der Waals surface area (Å²) in [6, 6.07) is 6.97. The molecular weight excluding hydrogens is 232 g/mol. The number of benzene rings is 1. The molecule has 0 aromatic heterocycles. The van der Waals surface area contributed by atoms with Gasteiger partial charge in [-0.1, -0.05) is 23.9 Å². The van der Waals surface area contributed by atoms with Gasteiger partial charge in [-0.25, -0.2) is 0 Å². The molecule has 2 N–H and O–H groups in total. The molecule has 1 fully saturated rings. The lowest BCUT2D eigenvalue weighted by Gasteiger charge is -2.37. The van der Waals surface area contributed by atoms with Crippen molar-refractivity contribution >= 4 is 11.8 Å². The molecule has 5 heteroatoms. The predicted molar refractivity (Wildman–Crippen MR) is 59.8 cm³/mol. The van der Waals surface area contributed by atoms with E-state index in [9.17, 15) is 13.9 Å². The average molecular weight is 245 g/mol. The largest absolute Gasteiger partial charge is 0.387 e. The first-order chi connectivity index (χ1) is 7.57. The van der Waals surface area contributed by atoms with Crippen LogP contribution >= 0.6 is 11.8 Å². The molecule has 2 nitrogen and oxygen atoms in total. The molecule has 16 heavy (non-hydrogen) atoms. The van der Waals surface area contributed by atoms with E-state index in [1.807, 2.05) is 6.07 Å². The van der Waals surface area contributed by atoms with Gasteiger partial charge in [-0.3, -0.25) is 0 Å². The first-order valence-corrected chi connectivity index (χ1v) is 5.92. The van der Waals surface area contributed by atoms with Crippen LogP contribution in [0.15, 0.2) is 29.2 Å². The highest BCUT2D eigenvalue weighted by molar-refractivity contribution is 7.99. The highest BCUT2D eigenvalue weighted by Crippen LogP contribution is 2.27. The van der Waals surface area contributed by atoms with E-state index in [4.69, 9.17) is 0 Å². The molecule has 1 saturated heterocycles. The Hall–Kier alpha value is -0.650. The normalized spacial score (nSPS) is 18.5. The molecule has 0 radical (unpaired) electrons. The summed E-state index contributed by atoms with van der Waals surface area (Å²) in [5, 5.41) is 12.9. The van der Waals surface area contributed by atoms with Gasteiger partial charge in [0.1, 0.15) is 0 Å². The molecule has 0 unspecified atom stereocenters. The predicted octanol–water partition coefficient (Wildman–Crippen LogP) is 1.88. The monoisotopic (exact) mass is 245 g/mol. The van der Waals surface area contributed by atoms with Crippen LogP contribution in [0.25, 0.3) is 0 Å². The van der Waals surface area contributed by atoms with E-state index in [-0.39, 0.29) is 0 Å². The van der Waals surface area contributed by atoms with Crippen molar-refractivity contribution in [3.05, 3.63) is 29.8 Å². The van der Waals surface area contributed by atoms with Crippen LogP contribution < -0.4 is 5.32 Å². The fourth-order valence-electron chi connectivity index (χ4n) is 1.75. The number of hydrogen-bond acceptors (Lipinski definition) is 3. The molecule has 0 saturated carbocycles. The van der Waals surface area contributed by atoms with Gasteiger partial charge < -0.3 is 10.4 Å². The first kappa shape index (κ1) is 11.8. The maximum absolute atomic E-state index is 12.2. The van der Waals surface area contributed by atoms with Crippen molar-refractivity contribution in [3.63, 3.8) is 0 Å². The molecule has 1 aliphatic heterocycles. The van der Waals surface area contributed by atoms with E-state index in [1.165, 1.54) is 0 Å². The minimum atomic E-state index is -2.40. The zero-order chi connectivity index (χ0) is 11.6. The van der Waals surface area contributed by atoms with Crippen molar-refractivity contribution in [3.8, 4) is 0 Å². The quantitative estimate of drug-likeness (QED) is 0.794. The van der Waals surface area contributed by atoms with Crippen LogP contribution in [0.2, 0.25) is 0 Å². The van der Waals surface area contributed by atoms with Gasteiger partial charge >= 0.3 is 0 Å². The van der Waals surface area contributed by atoms with Gasteiger partial charge in [0.2, 0.25) is 0 Å². The third kappa shape index (κ3) is 2.93. The van der Waals surface area contributed by atoms with Crippen molar-refractivity contribution in [1.29, 1.82) is 0 Å². The van der Waals surface area contributed by atoms with E-state index in [1.54, 1.807) is 18.2 Å². The second-order valence-electron chi connectivity index (χ2n) is 4.03. The Labute approximate surface area is 97.0 Å². The Morgan fingerprint density at radius 1 is 1.44 bits per heavy atom. The highest BCUT2D eigenvalue weighted by Gasteiger charge is 2.34. The highest BCUT2D eigenvalue weighted by atomic mass is 32.2. The van der Waals surface area contributed by atoms with Gasteiger partial charge in [-0.2, -0.15) is 8.78 Å². The summed E-state index contributed by atoms with van der Waals surface area (Å²) in [6.45, 7) is 1.14. The Bertz CT molecular complexity index is 369. The summed E-state index contributed by atoms with van der Waals surface area (Å²) < 4.78 is 24.3. The number of β-amino-alcohol motifs (C(OH)–C–C–N with tert-alkyl or cyclic N) is 1. The minimum Gasteiger partial charge on any atom is -0.387 e. The summed E-state index contributed by atoms with van der Waals surface area (Å²) in [5.41, 5.74) is 0.198. The topological polar surface area (TPSA) is 32.3 Å². The van der Waals surface area contributed by atoms with Crippen LogP contribution in [0.5, 0.6) is 0 Å². The third-order valence-electron chi connectivity index (χ3n) is 2.56. The van der Waals surface area contributed by atoms with Gasteiger partial charge in [-0.15, -0.1) is 0 Å². The van der Waals surface area contributed by atoms with Crippen LogP contribution in [-0.4, -0.2) is 29.6 Å². The Morgan fingerprint density at radius 3 is 2.75 bits per heavy atom. The van der Waals surface area contributed by atoms with Crippen molar-refractivity contribution in [2.45, 2.75) is 22.7 Å². The van der Waals surface area contributed by atoms with E-state index in [2.05, 4.69) is 5.32 Å². The lowest BCUT2D eigenvalue weighted by molar-refractivity contribution is -0.00905. The summed E-state index contributed by atoms with van der Waals surface area (Å²) in [5.74, 6) is -2.40. The number of nitrogens with one attached hydrogen (secondary N) is 1. The summed E-state index contributed by atoms with van der Waals surface area (Å²) in [7, 11) is 0. The Balaban J connectivity index is 2.04. The van der Waals surface area contributed by atoms with Gasteiger partial charge in [0.25, 0.3) is 5.76 Å². The molecule has 0 atom stereocenters. The standard InChI is InChI=1S/C11H13F2NOS/c12-10(13)16-9-3-1-2-8(4-9)5-11(15)6-14-7-11/h1-4,10,14-15H,5-7H2. The molecular formula is C11H13F2NOS. The molecule has 2 rings (SSSR count). The molecule has 0 aliphatic carbocycles. The van der Waals surface area contributed by atoms with E-state index >= 15 is 0 Å². The van der Waals surface area contributed by atoms with Crippen LogP contribution in [0.4, 0.5) is 8.78 Å². The number of aliphatic hydroxyl groups is 1. The third-order valence-corrected chi connectivity index (χ3v) is 3.27. The summed E-state index contributed by atoms with van der Waals surface area (Å²) >= 11 is 0.534. The van der Waals surface area contributed by atoms with E-state index in [0.717, 1.165) is 5.56 Å². The number of hydrogen-bond donors (Lipinski definition) is 2. The number of halogens is 2. The number of thioether (sulfide) groups is 1. The van der Waals surface area contributed by atoms with E-state index in [0.29, 0.717) is 36.2 Å². The molecule has 1 aliphatic rings. The molecule has 1 heterocycles. The van der Waals surface area contributed by atoms with Gasteiger partial charge in [0.15, 0.2) is 0 Å².